The number of carbonyl (C=O) groups is 1. The van der Waals surface area contributed by atoms with Gasteiger partial charge in [0.25, 0.3) is 0 Å². The number of aliphatic hydroxyl groups is 2. The molecule has 0 aromatic carbocycles. The van der Waals surface area contributed by atoms with E-state index in [0.717, 1.165) is 51.4 Å². The Morgan fingerprint density at radius 2 is 1.96 bits per heavy atom. The fourth-order valence-corrected chi connectivity index (χ4v) is 8.07. The first-order chi connectivity index (χ1) is 12.2. The topological polar surface area (TPSA) is 83.5 Å². The number of fused-ring (bicyclic) bond motifs is 5. The highest BCUT2D eigenvalue weighted by molar-refractivity contribution is 5.79. The zero-order chi connectivity index (χ0) is 18.7. The van der Waals surface area contributed by atoms with Crippen LogP contribution in [0.2, 0.25) is 0 Å². The maximum atomic E-state index is 12.0. The minimum atomic E-state index is -0.677. The van der Waals surface area contributed by atoms with Gasteiger partial charge in [-0.3, -0.25) is 4.79 Å². The molecule has 4 aliphatic rings. The monoisotopic (exact) mass is 363 g/mol. The van der Waals surface area contributed by atoms with Gasteiger partial charge in [-0.1, -0.05) is 13.8 Å². The molecular weight excluding hydrogens is 326 g/mol. The van der Waals surface area contributed by atoms with Gasteiger partial charge in [0, 0.05) is 18.3 Å². The number of Topliss-reactive ketones (excluding diaryl/α,β-unsaturated/α-hetero) is 1. The summed E-state index contributed by atoms with van der Waals surface area (Å²) in [7, 11) is 0. The highest BCUT2D eigenvalue weighted by atomic mass is 16.3. The Hall–Kier alpha value is -0.450. The van der Waals surface area contributed by atoms with Gasteiger partial charge >= 0.3 is 0 Å². The summed E-state index contributed by atoms with van der Waals surface area (Å²) in [6.07, 6.45) is 8.45. The number of carbonyl (C=O) groups excluding carboxylic acids is 1. The summed E-state index contributed by atoms with van der Waals surface area (Å²) in [6.45, 7) is 5.20. The van der Waals surface area contributed by atoms with Crippen molar-refractivity contribution in [1.82, 2.24) is 0 Å². The highest BCUT2D eigenvalue weighted by Crippen LogP contribution is 2.68. The molecule has 0 heterocycles. The summed E-state index contributed by atoms with van der Waals surface area (Å²) < 4.78 is 0. The van der Waals surface area contributed by atoms with Crippen LogP contribution in [-0.4, -0.2) is 34.2 Å². The molecule has 4 aliphatic carbocycles. The average molecular weight is 364 g/mol. The molecule has 4 fully saturated rings. The van der Waals surface area contributed by atoms with Crippen molar-refractivity contribution in [3.05, 3.63) is 0 Å². The van der Waals surface area contributed by atoms with Crippen molar-refractivity contribution in [1.29, 1.82) is 0 Å². The minimum absolute atomic E-state index is 0.0928. The molecule has 4 rings (SSSR count). The van der Waals surface area contributed by atoms with Crippen molar-refractivity contribution in [3.63, 3.8) is 0 Å². The number of hydrogen-bond donors (Lipinski definition) is 3. The SMILES string of the molecule is C[C@]12CCC(=O)C[C@@H]1CC[C@@H]1[C@@H]2[C@@H](O)C[C@@]2(C)[C@H]1CC[C@@]2(O)CCCN. The Kier molecular flexibility index (Phi) is 4.57. The lowest BCUT2D eigenvalue weighted by Crippen LogP contribution is -2.61. The fraction of sp³-hybridized carbons (Fsp3) is 0.955. The molecule has 4 nitrogen and oxygen atoms in total. The van der Waals surface area contributed by atoms with Crippen LogP contribution in [0, 0.1) is 34.5 Å². The molecule has 4 saturated carbocycles. The number of rotatable bonds is 3. The molecule has 0 spiro atoms. The van der Waals surface area contributed by atoms with Crippen LogP contribution in [0.3, 0.4) is 0 Å². The molecule has 0 bridgehead atoms. The average Bonchev–Trinajstić information content (AvgIpc) is 2.85. The van der Waals surface area contributed by atoms with Gasteiger partial charge in [-0.15, -0.1) is 0 Å². The van der Waals surface area contributed by atoms with E-state index in [1.807, 2.05) is 0 Å². The van der Waals surface area contributed by atoms with Crippen molar-refractivity contribution < 1.29 is 15.0 Å². The van der Waals surface area contributed by atoms with Gasteiger partial charge in [-0.25, -0.2) is 0 Å². The molecule has 4 N–H and O–H groups in total. The lowest BCUT2D eigenvalue weighted by molar-refractivity contribution is -0.197. The molecule has 0 saturated heterocycles. The molecular formula is C22H37NO3. The standard InChI is InChI=1S/C22H37NO3/c1-20-9-6-15(24)12-14(20)4-5-16-17-7-10-22(26,8-3-11-23)21(17,2)13-18(25)19(16)20/h14,16-19,25-26H,3-13,23H2,1-2H3/t14-,16-,17-,18-,19+,20-,21-,22-/m0/s1. The van der Waals surface area contributed by atoms with Crippen LogP contribution in [0.15, 0.2) is 0 Å². The molecule has 0 aromatic heterocycles. The second-order valence-corrected chi connectivity index (χ2v) is 10.5. The Balaban J connectivity index is 1.64. The number of nitrogens with two attached hydrogens (primary N) is 1. The first-order valence-corrected chi connectivity index (χ1v) is 10.9. The Morgan fingerprint density at radius 1 is 1.19 bits per heavy atom. The lowest BCUT2D eigenvalue weighted by Gasteiger charge is -2.62. The third kappa shape index (κ3) is 2.48. The maximum absolute atomic E-state index is 12.0. The molecule has 26 heavy (non-hydrogen) atoms. The molecule has 148 valence electrons. The van der Waals surface area contributed by atoms with Crippen LogP contribution < -0.4 is 5.73 Å². The Bertz CT molecular complexity index is 580. The minimum Gasteiger partial charge on any atom is -0.393 e. The van der Waals surface area contributed by atoms with Crippen molar-refractivity contribution in [3.8, 4) is 0 Å². The summed E-state index contributed by atoms with van der Waals surface area (Å²) >= 11 is 0. The molecule has 8 atom stereocenters. The zero-order valence-electron chi connectivity index (χ0n) is 16.5. The maximum Gasteiger partial charge on any atom is 0.133 e. The van der Waals surface area contributed by atoms with Crippen molar-refractivity contribution in [2.45, 2.75) is 89.8 Å². The van der Waals surface area contributed by atoms with E-state index in [1.165, 1.54) is 0 Å². The van der Waals surface area contributed by atoms with E-state index >= 15 is 0 Å². The quantitative estimate of drug-likeness (QED) is 0.720. The van der Waals surface area contributed by atoms with E-state index in [9.17, 15) is 15.0 Å². The highest BCUT2D eigenvalue weighted by Gasteiger charge is 2.66. The second kappa shape index (κ2) is 6.28. The summed E-state index contributed by atoms with van der Waals surface area (Å²) in [5, 5.41) is 22.8. The molecule has 0 aromatic rings. The van der Waals surface area contributed by atoms with E-state index < -0.39 is 5.60 Å². The van der Waals surface area contributed by atoms with Gasteiger partial charge in [0.1, 0.15) is 5.78 Å². The van der Waals surface area contributed by atoms with Gasteiger partial charge < -0.3 is 15.9 Å². The van der Waals surface area contributed by atoms with E-state index in [1.54, 1.807) is 0 Å². The first-order valence-electron chi connectivity index (χ1n) is 10.9. The lowest BCUT2D eigenvalue weighted by atomic mass is 9.43. The Labute approximate surface area is 157 Å². The van der Waals surface area contributed by atoms with Crippen molar-refractivity contribution in [2.24, 2.45) is 40.2 Å². The molecule has 0 unspecified atom stereocenters. The van der Waals surface area contributed by atoms with E-state index in [-0.39, 0.29) is 16.9 Å². The number of ketones is 1. The summed E-state index contributed by atoms with van der Waals surface area (Å²) in [4.78, 5) is 12.0. The summed E-state index contributed by atoms with van der Waals surface area (Å²) in [6, 6.07) is 0. The van der Waals surface area contributed by atoms with Crippen LogP contribution in [0.1, 0.15) is 78.1 Å². The van der Waals surface area contributed by atoms with Gasteiger partial charge in [-0.2, -0.15) is 0 Å². The van der Waals surface area contributed by atoms with Crippen LogP contribution in [-0.2, 0) is 4.79 Å². The normalized spacial score (nSPS) is 53.7. The van der Waals surface area contributed by atoms with Crippen LogP contribution in [0.4, 0.5) is 0 Å². The van der Waals surface area contributed by atoms with E-state index in [2.05, 4.69) is 13.8 Å². The van der Waals surface area contributed by atoms with Gasteiger partial charge in [0.15, 0.2) is 0 Å². The third-order valence-electron chi connectivity index (χ3n) is 9.53. The van der Waals surface area contributed by atoms with Gasteiger partial charge in [0.2, 0.25) is 0 Å². The predicted octanol–water partition coefficient (Wildman–Crippen LogP) is 3.04. The number of hydrogen-bond acceptors (Lipinski definition) is 4. The van der Waals surface area contributed by atoms with Gasteiger partial charge in [0.05, 0.1) is 11.7 Å². The molecule has 0 aliphatic heterocycles. The largest absolute Gasteiger partial charge is 0.393 e. The van der Waals surface area contributed by atoms with Crippen LogP contribution in [0.5, 0.6) is 0 Å². The van der Waals surface area contributed by atoms with Crippen molar-refractivity contribution >= 4 is 5.78 Å². The fourth-order valence-electron chi connectivity index (χ4n) is 8.07. The molecule has 0 amide bonds. The second-order valence-electron chi connectivity index (χ2n) is 10.5. The third-order valence-corrected chi connectivity index (χ3v) is 9.53. The zero-order valence-corrected chi connectivity index (χ0v) is 16.5. The smallest absolute Gasteiger partial charge is 0.133 e. The Morgan fingerprint density at radius 3 is 2.69 bits per heavy atom. The summed E-state index contributed by atoms with van der Waals surface area (Å²) in [5.41, 5.74) is 4.94. The molecule has 4 heteroatoms. The first kappa shape index (κ1) is 18.9. The predicted molar refractivity (Wildman–Crippen MR) is 101 cm³/mol. The van der Waals surface area contributed by atoms with Crippen LogP contribution >= 0.6 is 0 Å². The summed E-state index contributed by atoms with van der Waals surface area (Å²) in [5.74, 6) is 2.14. The van der Waals surface area contributed by atoms with Crippen LogP contribution in [0.25, 0.3) is 0 Å². The molecule has 0 radical (unpaired) electrons. The van der Waals surface area contributed by atoms with E-state index in [4.69, 9.17) is 5.73 Å². The van der Waals surface area contributed by atoms with E-state index in [0.29, 0.717) is 48.8 Å². The van der Waals surface area contributed by atoms with Crippen molar-refractivity contribution in [2.75, 3.05) is 6.54 Å². The number of aliphatic hydroxyl groups excluding tert-OH is 1. The van der Waals surface area contributed by atoms with Gasteiger partial charge in [-0.05, 0) is 87.0 Å².